The minimum atomic E-state index is -0.189. The molecule has 0 aromatic heterocycles. The van der Waals surface area contributed by atoms with Crippen molar-refractivity contribution in [1.29, 1.82) is 0 Å². The number of epoxide rings is 1. The Morgan fingerprint density at radius 2 is 2.06 bits per heavy atom. The predicted molar refractivity (Wildman–Crippen MR) is 65.9 cm³/mol. The van der Waals surface area contributed by atoms with E-state index in [1.54, 1.807) is 0 Å². The van der Waals surface area contributed by atoms with E-state index in [2.05, 4.69) is 20.4 Å². The lowest BCUT2D eigenvalue weighted by atomic mass is 9.54. The molecule has 3 nitrogen and oxygen atoms in total. The SMILES string of the molecule is C=C1C(=O)O[C@@H]2C[C@@]3(C)CCC[C@@]4(C)O[C@@]34C[C@H]12. The second kappa shape index (κ2) is 2.84. The average molecular weight is 248 g/mol. The highest BCUT2D eigenvalue weighted by atomic mass is 16.6. The molecular formula is C15H20O3. The van der Waals surface area contributed by atoms with E-state index in [-0.39, 0.29) is 34.6 Å². The van der Waals surface area contributed by atoms with E-state index < -0.39 is 0 Å². The largest absolute Gasteiger partial charge is 0.458 e. The molecule has 2 saturated carbocycles. The number of fused-ring (bicyclic) bond motifs is 1. The first-order chi connectivity index (χ1) is 8.41. The summed E-state index contributed by atoms with van der Waals surface area (Å²) in [5.41, 5.74) is 0.860. The van der Waals surface area contributed by atoms with Crippen molar-refractivity contribution in [3.63, 3.8) is 0 Å². The Hall–Kier alpha value is -0.830. The molecule has 2 heterocycles. The van der Waals surface area contributed by atoms with Gasteiger partial charge in [-0.05, 0) is 39.0 Å². The van der Waals surface area contributed by atoms with Crippen LogP contribution >= 0.6 is 0 Å². The van der Waals surface area contributed by atoms with Gasteiger partial charge in [0.05, 0.1) is 5.60 Å². The highest BCUT2D eigenvalue weighted by Crippen LogP contribution is 2.72. The van der Waals surface area contributed by atoms with Crippen LogP contribution in [0.4, 0.5) is 0 Å². The number of ether oxygens (including phenoxy) is 2. The van der Waals surface area contributed by atoms with Gasteiger partial charge in [0.1, 0.15) is 11.7 Å². The van der Waals surface area contributed by atoms with E-state index in [9.17, 15) is 4.79 Å². The molecule has 4 rings (SSSR count). The first-order valence-electron chi connectivity index (χ1n) is 7.01. The highest BCUT2D eigenvalue weighted by molar-refractivity contribution is 5.91. The Labute approximate surface area is 108 Å². The smallest absolute Gasteiger partial charge is 0.334 e. The van der Waals surface area contributed by atoms with Crippen LogP contribution in [0.1, 0.15) is 46.0 Å². The zero-order chi connectivity index (χ0) is 12.8. The van der Waals surface area contributed by atoms with Crippen LogP contribution < -0.4 is 0 Å². The molecule has 2 aliphatic heterocycles. The van der Waals surface area contributed by atoms with Gasteiger partial charge >= 0.3 is 5.97 Å². The average Bonchev–Trinajstić information content (AvgIpc) is 2.82. The minimum absolute atomic E-state index is 0.0175. The molecule has 5 atom stereocenters. The Kier molecular flexibility index (Phi) is 1.74. The Bertz CT molecular complexity index is 470. The van der Waals surface area contributed by atoms with Gasteiger partial charge in [0.15, 0.2) is 0 Å². The molecule has 0 N–H and O–H groups in total. The van der Waals surface area contributed by atoms with Crippen LogP contribution in [-0.4, -0.2) is 23.3 Å². The third-order valence-corrected chi connectivity index (χ3v) is 6.15. The van der Waals surface area contributed by atoms with Gasteiger partial charge in [-0.15, -0.1) is 0 Å². The lowest BCUT2D eigenvalue weighted by molar-refractivity contribution is -0.143. The second-order valence-electron chi connectivity index (χ2n) is 7.06. The van der Waals surface area contributed by atoms with Gasteiger partial charge < -0.3 is 9.47 Å². The summed E-state index contributed by atoms with van der Waals surface area (Å²) in [6, 6.07) is 0. The molecule has 0 bridgehead atoms. The van der Waals surface area contributed by atoms with E-state index >= 15 is 0 Å². The van der Waals surface area contributed by atoms with Crippen molar-refractivity contribution < 1.29 is 14.3 Å². The molecule has 4 aliphatic rings. The van der Waals surface area contributed by atoms with Gasteiger partial charge in [0.2, 0.25) is 0 Å². The molecule has 1 spiro atoms. The fraction of sp³-hybridized carbons (Fsp3) is 0.800. The van der Waals surface area contributed by atoms with E-state index in [1.165, 1.54) is 12.8 Å². The maximum absolute atomic E-state index is 11.7. The molecule has 0 radical (unpaired) electrons. The molecule has 2 saturated heterocycles. The predicted octanol–water partition coefficient (Wildman–Crippen LogP) is 2.60. The zero-order valence-electron chi connectivity index (χ0n) is 11.1. The van der Waals surface area contributed by atoms with Gasteiger partial charge in [-0.2, -0.15) is 0 Å². The van der Waals surface area contributed by atoms with Crippen molar-refractivity contribution in [2.75, 3.05) is 0 Å². The lowest BCUT2D eigenvalue weighted by Gasteiger charge is -2.48. The number of rotatable bonds is 0. The lowest BCUT2D eigenvalue weighted by Crippen LogP contribution is -2.52. The van der Waals surface area contributed by atoms with Crippen LogP contribution in [-0.2, 0) is 14.3 Å². The van der Waals surface area contributed by atoms with E-state index in [4.69, 9.17) is 9.47 Å². The van der Waals surface area contributed by atoms with Crippen LogP contribution in [0.3, 0.4) is 0 Å². The molecule has 2 aliphatic carbocycles. The quantitative estimate of drug-likeness (QED) is 0.376. The van der Waals surface area contributed by atoms with Crippen LogP contribution in [0.15, 0.2) is 12.2 Å². The summed E-state index contributed by atoms with van der Waals surface area (Å²) >= 11 is 0. The molecule has 0 aromatic rings. The monoisotopic (exact) mass is 248 g/mol. The van der Waals surface area contributed by atoms with Crippen molar-refractivity contribution in [1.82, 2.24) is 0 Å². The van der Waals surface area contributed by atoms with Crippen molar-refractivity contribution in [2.24, 2.45) is 11.3 Å². The summed E-state index contributed by atoms with van der Waals surface area (Å²) in [6.45, 7) is 8.49. The molecule has 98 valence electrons. The number of carbonyl (C=O) groups is 1. The van der Waals surface area contributed by atoms with E-state index in [1.807, 2.05) is 0 Å². The summed E-state index contributed by atoms with van der Waals surface area (Å²) in [5, 5.41) is 0. The summed E-state index contributed by atoms with van der Waals surface area (Å²) in [7, 11) is 0. The van der Waals surface area contributed by atoms with Crippen LogP contribution in [0.5, 0.6) is 0 Å². The minimum Gasteiger partial charge on any atom is -0.458 e. The van der Waals surface area contributed by atoms with Gasteiger partial charge in [-0.3, -0.25) is 0 Å². The molecule has 0 unspecified atom stereocenters. The maximum Gasteiger partial charge on any atom is 0.334 e. The number of hydrogen-bond donors (Lipinski definition) is 0. The highest BCUT2D eigenvalue weighted by Gasteiger charge is 2.78. The van der Waals surface area contributed by atoms with Gasteiger partial charge in [0.25, 0.3) is 0 Å². The Balaban J connectivity index is 1.74. The third-order valence-electron chi connectivity index (χ3n) is 6.15. The topological polar surface area (TPSA) is 38.8 Å². The first-order valence-corrected chi connectivity index (χ1v) is 7.01. The van der Waals surface area contributed by atoms with Crippen LogP contribution in [0, 0.1) is 11.3 Å². The second-order valence-corrected chi connectivity index (χ2v) is 7.06. The maximum atomic E-state index is 11.7. The summed E-state index contributed by atoms with van der Waals surface area (Å²) in [5.74, 6) is -0.00324. The van der Waals surface area contributed by atoms with E-state index in [0.29, 0.717) is 5.57 Å². The fourth-order valence-corrected chi connectivity index (χ4v) is 5.03. The molecule has 4 fully saturated rings. The summed E-state index contributed by atoms with van der Waals surface area (Å²) < 4.78 is 11.7. The number of esters is 1. The summed E-state index contributed by atoms with van der Waals surface area (Å²) in [4.78, 5) is 11.7. The van der Waals surface area contributed by atoms with Crippen molar-refractivity contribution in [2.45, 2.75) is 63.3 Å². The van der Waals surface area contributed by atoms with Crippen molar-refractivity contribution in [3.05, 3.63) is 12.2 Å². The van der Waals surface area contributed by atoms with Gasteiger partial charge in [-0.25, -0.2) is 4.79 Å². The molecule has 0 aromatic carbocycles. The number of carbonyl (C=O) groups excluding carboxylic acids is 1. The zero-order valence-corrected chi connectivity index (χ0v) is 11.1. The Morgan fingerprint density at radius 1 is 1.28 bits per heavy atom. The van der Waals surface area contributed by atoms with Crippen LogP contribution in [0.25, 0.3) is 0 Å². The molecule has 0 amide bonds. The van der Waals surface area contributed by atoms with E-state index in [0.717, 1.165) is 19.3 Å². The first kappa shape index (κ1) is 11.0. The normalized spacial score (nSPS) is 57.4. The Morgan fingerprint density at radius 3 is 2.83 bits per heavy atom. The van der Waals surface area contributed by atoms with Crippen LogP contribution in [0.2, 0.25) is 0 Å². The molecule has 3 heteroatoms. The van der Waals surface area contributed by atoms with Crippen molar-refractivity contribution in [3.8, 4) is 0 Å². The molecule has 18 heavy (non-hydrogen) atoms. The molecular weight excluding hydrogens is 228 g/mol. The fourth-order valence-electron chi connectivity index (χ4n) is 5.03. The third kappa shape index (κ3) is 1.00. The van der Waals surface area contributed by atoms with Gasteiger partial charge in [-0.1, -0.05) is 13.5 Å². The van der Waals surface area contributed by atoms with Gasteiger partial charge in [0, 0.05) is 16.9 Å². The summed E-state index contributed by atoms with van der Waals surface area (Å²) in [6.07, 6.45) is 5.48. The standard InChI is InChI=1S/C15H20O3/c1-9-10-7-15-13(2,8-11(10)17-12(9)16)5-4-6-14(15,3)18-15/h10-11H,1,4-8H2,2-3H3/t10-,11-,13-,14-,15+/m1/s1. The van der Waals surface area contributed by atoms with Crippen molar-refractivity contribution >= 4 is 5.97 Å². The number of hydrogen-bond acceptors (Lipinski definition) is 3.